The molecule has 1 aromatic heterocycles. The zero-order chi connectivity index (χ0) is 27.6. The summed E-state index contributed by atoms with van der Waals surface area (Å²) in [6, 6.07) is 51.2. The highest BCUT2D eigenvalue weighted by Crippen LogP contribution is 2.39. The van der Waals surface area contributed by atoms with Gasteiger partial charge >= 0.3 is 0 Å². The molecule has 0 saturated heterocycles. The van der Waals surface area contributed by atoms with Crippen LogP contribution in [0.15, 0.2) is 146 Å². The van der Waals surface area contributed by atoms with Crippen molar-refractivity contribution in [2.45, 2.75) is 0 Å². The molecular formula is C38H24BNO2. The second kappa shape index (κ2) is 9.02. The Morgan fingerprint density at radius 1 is 0.452 bits per heavy atom. The number of rotatable bonds is 3. The second-order valence-electron chi connectivity index (χ2n) is 10.9. The molecule has 0 atom stereocenters. The Labute approximate surface area is 244 Å². The molecule has 196 valence electrons. The van der Waals surface area contributed by atoms with Crippen molar-refractivity contribution in [3.8, 4) is 51.1 Å². The summed E-state index contributed by atoms with van der Waals surface area (Å²) in [7, 11) is 0. The Morgan fingerprint density at radius 3 is 1.71 bits per heavy atom. The highest BCUT2D eigenvalue weighted by atomic mass is 16.5. The van der Waals surface area contributed by atoms with E-state index in [1.807, 2.05) is 12.1 Å². The first-order chi connectivity index (χ1) is 20.8. The number of benzene rings is 6. The molecule has 0 N–H and O–H groups in total. The van der Waals surface area contributed by atoms with Crippen molar-refractivity contribution in [2.24, 2.45) is 0 Å². The van der Waals surface area contributed by atoms with Crippen LogP contribution in [0.4, 0.5) is 0 Å². The lowest BCUT2D eigenvalue weighted by Crippen LogP contribution is -2.57. The average Bonchev–Trinajstić information content (AvgIpc) is 3.44. The molecule has 0 radical (unpaired) electrons. The summed E-state index contributed by atoms with van der Waals surface area (Å²) in [5, 5.41) is 1.22. The van der Waals surface area contributed by atoms with Crippen LogP contribution in [0.1, 0.15) is 0 Å². The maximum absolute atomic E-state index is 6.51. The zero-order valence-corrected chi connectivity index (χ0v) is 22.7. The Hall–Kier alpha value is -5.48. The molecule has 2 aliphatic rings. The van der Waals surface area contributed by atoms with Gasteiger partial charge in [-0.1, -0.05) is 97.1 Å². The molecule has 2 aliphatic heterocycles. The Kier molecular flexibility index (Phi) is 4.99. The van der Waals surface area contributed by atoms with Crippen molar-refractivity contribution < 1.29 is 9.47 Å². The van der Waals surface area contributed by atoms with Crippen LogP contribution >= 0.6 is 0 Å². The van der Waals surface area contributed by atoms with Crippen LogP contribution in [0.25, 0.3) is 39.0 Å². The Bertz CT molecular complexity index is 2080. The highest BCUT2D eigenvalue weighted by Gasteiger charge is 2.40. The molecule has 42 heavy (non-hydrogen) atoms. The molecule has 0 spiro atoms. The fourth-order valence-electron chi connectivity index (χ4n) is 6.62. The summed E-state index contributed by atoms with van der Waals surface area (Å²) in [5.74, 6) is 3.51. The van der Waals surface area contributed by atoms with Crippen molar-refractivity contribution in [1.82, 2.24) is 4.57 Å². The number of aromatic nitrogens is 1. The number of fused-ring (bicyclic) bond motifs is 5. The molecule has 6 aromatic carbocycles. The minimum Gasteiger partial charge on any atom is -0.458 e. The number of hydrogen-bond acceptors (Lipinski definition) is 2. The van der Waals surface area contributed by atoms with Gasteiger partial charge < -0.3 is 14.0 Å². The van der Waals surface area contributed by atoms with E-state index in [4.69, 9.17) is 9.47 Å². The van der Waals surface area contributed by atoms with Gasteiger partial charge in [-0.05, 0) is 76.1 Å². The third kappa shape index (κ3) is 3.48. The second-order valence-corrected chi connectivity index (χ2v) is 10.9. The number of ether oxygens (including phenoxy) is 2. The van der Waals surface area contributed by atoms with Gasteiger partial charge in [-0.3, -0.25) is 0 Å². The maximum atomic E-state index is 6.51. The normalized spacial score (nSPS) is 12.6. The predicted molar refractivity (Wildman–Crippen MR) is 172 cm³/mol. The SMILES string of the molecule is c1ccc(-n2c(-c3ccc(-c4cc5c6c(c4)Oc4ccccc4B6c4ccccc4O5)cc3)cc3ccccc32)cc1. The summed E-state index contributed by atoms with van der Waals surface area (Å²) in [6.45, 7) is 0.0845. The topological polar surface area (TPSA) is 23.4 Å². The molecule has 0 bridgehead atoms. The number of para-hydroxylation sites is 4. The fourth-order valence-corrected chi connectivity index (χ4v) is 6.62. The van der Waals surface area contributed by atoms with Gasteiger partial charge in [0, 0.05) is 16.5 Å². The van der Waals surface area contributed by atoms with Crippen LogP contribution in [-0.2, 0) is 0 Å². The smallest absolute Gasteiger partial charge is 0.260 e. The average molecular weight is 537 g/mol. The zero-order valence-electron chi connectivity index (χ0n) is 22.7. The van der Waals surface area contributed by atoms with E-state index in [2.05, 4.69) is 138 Å². The molecule has 0 fully saturated rings. The summed E-state index contributed by atoms with van der Waals surface area (Å²) < 4.78 is 15.4. The monoisotopic (exact) mass is 537 g/mol. The lowest BCUT2D eigenvalue weighted by atomic mass is 9.35. The van der Waals surface area contributed by atoms with Gasteiger partial charge in [0.15, 0.2) is 0 Å². The van der Waals surface area contributed by atoms with Crippen molar-refractivity contribution in [2.75, 3.05) is 0 Å². The largest absolute Gasteiger partial charge is 0.458 e. The standard InChI is InChI=1S/C38H24BNO2/c1-2-11-29(12-3-1)40-32-15-7-4-10-27(32)22-33(40)26-20-18-25(19-21-26)28-23-36-38-37(24-28)42-35-17-9-6-14-31(35)39(38)30-13-5-8-16-34(30)41-36/h1-24H. The van der Waals surface area contributed by atoms with Crippen LogP contribution in [0, 0.1) is 0 Å². The van der Waals surface area contributed by atoms with Gasteiger partial charge in [-0.15, -0.1) is 0 Å². The molecule has 0 amide bonds. The van der Waals surface area contributed by atoms with E-state index in [9.17, 15) is 0 Å². The van der Waals surface area contributed by atoms with Gasteiger partial charge in [0.25, 0.3) is 6.71 Å². The Morgan fingerprint density at radius 2 is 1.02 bits per heavy atom. The molecule has 0 unspecified atom stereocenters. The lowest BCUT2D eigenvalue weighted by Gasteiger charge is -2.33. The molecule has 3 heterocycles. The fraction of sp³-hybridized carbons (Fsp3) is 0. The van der Waals surface area contributed by atoms with Crippen molar-refractivity contribution in [1.29, 1.82) is 0 Å². The first-order valence-corrected chi connectivity index (χ1v) is 14.3. The van der Waals surface area contributed by atoms with E-state index in [1.54, 1.807) is 0 Å². The molecule has 7 aromatic rings. The molecule has 9 rings (SSSR count). The van der Waals surface area contributed by atoms with E-state index in [-0.39, 0.29) is 6.71 Å². The molecule has 0 aliphatic carbocycles. The van der Waals surface area contributed by atoms with E-state index in [1.165, 1.54) is 21.8 Å². The maximum Gasteiger partial charge on any atom is 0.260 e. The van der Waals surface area contributed by atoms with E-state index < -0.39 is 0 Å². The van der Waals surface area contributed by atoms with E-state index in [0.29, 0.717) is 0 Å². The predicted octanol–water partition coefficient (Wildman–Crippen LogP) is 7.69. The van der Waals surface area contributed by atoms with E-state index in [0.717, 1.165) is 56.5 Å². The van der Waals surface area contributed by atoms with Crippen LogP contribution in [-0.4, -0.2) is 11.3 Å². The minimum atomic E-state index is 0.0845. The van der Waals surface area contributed by atoms with Gasteiger partial charge in [-0.2, -0.15) is 0 Å². The van der Waals surface area contributed by atoms with E-state index >= 15 is 0 Å². The van der Waals surface area contributed by atoms with Crippen molar-refractivity contribution in [3.63, 3.8) is 0 Å². The molecule has 0 saturated carbocycles. The summed E-state index contributed by atoms with van der Waals surface area (Å²) in [5.41, 5.74) is 10.3. The third-order valence-electron chi connectivity index (χ3n) is 8.53. The molecule has 4 heteroatoms. The van der Waals surface area contributed by atoms with Crippen molar-refractivity contribution >= 4 is 34.0 Å². The molecule has 3 nitrogen and oxygen atoms in total. The first-order valence-electron chi connectivity index (χ1n) is 14.3. The summed E-state index contributed by atoms with van der Waals surface area (Å²) >= 11 is 0. The van der Waals surface area contributed by atoms with Crippen LogP contribution in [0.5, 0.6) is 23.0 Å². The van der Waals surface area contributed by atoms with Crippen molar-refractivity contribution in [3.05, 3.63) is 146 Å². The van der Waals surface area contributed by atoms with Gasteiger partial charge in [-0.25, -0.2) is 0 Å². The number of hydrogen-bond donors (Lipinski definition) is 0. The first kappa shape index (κ1) is 23.3. The Balaban J connectivity index is 1.16. The summed E-state index contributed by atoms with van der Waals surface area (Å²) in [6.07, 6.45) is 0. The van der Waals surface area contributed by atoms with Crippen LogP contribution in [0.2, 0.25) is 0 Å². The van der Waals surface area contributed by atoms with Crippen LogP contribution in [0.3, 0.4) is 0 Å². The summed E-state index contributed by atoms with van der Waals surface area (Å²) in [4.78, 5) is 0. The van der Waals surface area contributed by atoms with Crippen LogP contribution < -0.4 is 25.9 Å². The quantitative estimate of drug-likeness (QED) is 0.216. The van der Waals surface area contributed by atoms with Gasteiger partial charge in [0.2, 0.25) is 0 Å². The van der Waals surface area contributed by atoms with Gasteiger partial charge in [0.1, 0.15) is 23.0 Å². The number of nitrogens with zero attached hydrogens (tertiary/aromatic N) is 1. The van der Waals surface area contributed by atoms with Gasteiger partial charge in [0.05, 0.1) is 11.2 Å². The molecular weight excluding hydrogens is 513 g/mol. The lowest BCUT2D eigenvalue weighted by molar-refractivity contribution is 0.465. The minimum absolute atomic E-state index is 0.0845. The highest BCUT2D eigenvalue weighted by molar-refractivity contribution is 6.98. The third-order valence-corrected chi connectivity index (χ3v) is 8.53.